The molecule has 2 aliphatic heterocycles. The van der Waals surface area contributed by atoms with Crippen LogP contribution in [0.15, 0.2) is 12.4 Å². The Labute approximate surface area is 108 Å². The number of aliphatic hydroxyl groups is 1. The molecule has 0 amide bonds. The van der Waals surface area contributed by atoms with Crippen LogP contribution < -0.4 is 0 Å². The predicted molar refractivity (Wildman–Crippen MR) is 69.0 cm³/mol. The molecule has 2 fully saturated rings. The molecule has 0 aliphatic carbocycles. The van der Waals surface area contributed by atoms with Crippen molar-refractivity contribution in [3.05, 3.63) is 18.0 Å². The summed E-state index contributed by atoms with van der Waals surface area (Å²) in [6.45, 7) is 4.60. The van der Waals surface area contributed by atoms with Crippen LogP contribution in [0.25, 0.3) is 0 Å². The Morgan fingerprint density at radius 3 is 2.78 bits per heavy atom. The van der Waals surface area contributed by atoms with E-state index in [0.29, 0.717) is 18.1 Å². The highest BCUT2D eigenvalue weighted by Gasteiger charge is 2.51. The zero-order valence-corrected chi connectivity index (χ0v) is 11.2. The van der Waals surface area contributed by atoms with E-state index in [1.807, 2.05) is 17.9 Å². The Morgan fingerprint density at radius 2 is 2.22 bits per heavy atom. The molecule has 18 heavy (non-hydrogen) atoms. The Kier molecular flexibility index (Phi) is 2.92. The molecule has 0 unspecified atom stereocenters. The molecule has 2 saturated heterocycles. The minimum absolute atomic E-state index is 0.328. The van der Waals surface area contributed by atoms with Crippen LogP contribution in [-0.2, 0) is 13.6 Å². The predicted octanol–water partition coefficient (Wildman–Crippen LogP) is -0.0815. The van der Waals surface area contributed by atoms with E-state index in [1.54, 1.807) is 0 Å². The molecule has 0 aromatic carbocycles. The molecule has 1 aromatic heterocycles. The zero-order chi connectivity index (χ0) is 12.8. The van der Waals surface area contributed by atoms with Crippen LogP contribution in [0.2, 0.25) is 0 Å². The second-order valence-electron chi connectivity index (χ2n) is 6.03. The van der Waals surface area contributed by atoms with Crippen molar-refractivity contribution in [2.75, 3.05) is 33.3 Å². The second kappa shape index (κ2) is 4.33. The van der Waals surface area contributed by atoms with Crippen LogP contribution in [0.3, 0.4) is 0 Å². The first-order valence-electron chi connectivity index (χ1n) is 6.63. The summed E-state index contributed by atoms with van der Waals surface area (Å²) in [5.74, 6) is 0.468. The lowest BCUT2D eigenvalue weighted by molar-refractivity contribution is -0.0223. The average molecular weight is 250 g/mol. The number of hydrogen-bond acceptors (Lipinski definition) is 4. The molecule has 5 nitrogen and oxygen atoms in total. The van der Waals surface area contributed by atoms with Gasteiger partial charge in [-0.05, 0) is 19.4 Å². The standard InChI is InChI=1S/C13H22N4O/c1-15-5-11(8-18)3-13(15)9-17(10-13)7-12-4-14-16(2)6-12/h4,6,11,18H,3,5,7-10H2,1-2H3/t11-/m1/s1. The number of hydrogen-bond donors (Lipinski definition) is 1. The van der Waals surface area contributed by atoms with Gasteiger partial charge in [0.25, 0.3) is 0 Å². The highest BCUT2D eigenvalue weighted by atomic mass is 16.3. The monoisotopic (exact) mass is 250 g/mol. The normalized spacial score (nSPS) is 27.8. The molecule has 1 atom stereocenters. The van der Waals surface area contributed by atoms with Gasteiger partial charge in [0, 0.05) is 57.1 Å². The molecule has 1 N–H and O–H groups in total. The lowest BCUT2D eigenvalue weighted by atomic mass is 9.84. The van der Waals surface area contributed by atoms with Crippen molar-refractivity contribution in [2.45, 2.75) is 18.5 Å². The Balaban J connectivity index is 1.56. The van der Waals surface area contributed by atoms with Crippen molar-refractivity contribution in [3.63, 3.8) is 0 Å². The van der Waals surface area contributed by atoms with Crippen molar-refractivity contribution in [2.24, 2.45) is 13.0 Å². The third kappa shape index (κ3) is 1.96. The van der Waals surface area contributed by atoms with Crippen molar-refractivity contribution in [1.29, 1.82) is 0 Å². The molecular formula is C13H22N4O. The fourth-order valence-corrected chi connectivity index (χ4v) is 3.54. The fraction of sp³-hybridized carbons (Fsp3) is 0.769. The van der Waals surface area contributed by atoms with Gasteiger partial charge < -0.3 is 5.11 Å². The number of aryl methyl sites for hydroxylation is 1. The Bertz CT molecular complexity index is 424. The highest BCUT2D eigenvalue weighted by molar-refractivity contribution is 5.12. The van der Waals surface area contributed by atoms with Gasteiger partial charge in [0.15, 0.2) is 0 Å². The van der Waals surface area contributed by atoms with Gasteiger partial charge in [-0.1, -0.05) is 0 Å². The minimum Gasteiger partial charge on any atom is -0.396 e. The van der Waals surface area contributed by atoms with Crippen LogP contribution in [0.4, 0.5) is 0 Å². The van der Waals surface area contributed by atoms with Crippen molar-refractivity contribution in [1.82, 2.24) is 19.6 Å². The zero-order valence-electron chi connectivity index (χ0n) is 11.2. The summed E-state index contributed by atoms with van der Waals surface area (Å²) in [6, 6.07) is 0. The largest absolute Gasteiger partial charge is 0.396 e. The van der Waals surface area contributed by atoms with Gasteiger partial charge in [0.2, 0.25) is 0 Å². The van der Waals surface area contributed by atoms with E-state index in [2.05, 4.69) is 28.1 Å². The first kappa shape index (κ1) is 12.1. The number of aliphatic hydroxyl groups excluding tert-OH is 1. The van der Waals surface area contributed by atoms with Crippen LogP contribution in [0.5, 0.6) is 0 Å². The molecule has 3 heterocycles. The Morgan fingerprint density at radius 1 is 1.44 bits per heavy atom. The van der Waals surface area contributed by atoms with Crippen LogP contribution in [-0.4, -0.2) is 63.5 Å². The number of rotatable bonds is 3. The number of nitrogens with zero attached hydrogens (tertiary/aromatic N) is 4. The first-order valence-corrected chi connectivity index (χ1v) is 6.63. The van der Waals surface area contributed by atoms with E-state index in [-0.39, 0.29) is 0 Å². The first-order chi connectivity index (χ1) is 8.61. The maximum atomic E-state index is 9.29. The molecule has 1 aromatic rings. The summed E-state index contributed by atoms with van der Waals surface area (Å²) >= 11 is 0. The van der Waals surface area contributed by atoms with Gasteiger partial charge in [-0.15, -0.1) is 0 Å². The van der Waals surface area contributed by atoms with Gasteiger partial charge in [0.05, 0.1) is 6.20 Å². The second-order valence-corrected chi connectivity index (χ2v) is 6.03. The van der Waals surface area contributed by atoms with Gasteiger partial charge in [-0.25, -0.2) is 0 Å². The number of likely N-dealkylation sites (N-methyl/N-ethyl adjacent to an activating group) is 1. The third-order valence-corrected chi connectivity index (χ3v) is 4.47. The highest BCUT2D eigenvalue weighted by Crippen LogP contribution is 2.39. The summed E-state index contributed by atoms with van der Waals surface area (Å²) in [5.41, 5.74) is 1.61. The maximum absolute atomic E-state index is 9.29. The molecule has 0 bridgehead atoms. The SMILES string of the molecule is CN1C[C@H](CO)CC12CN(Cc1cnn(C)c1)C2. The number of aromatic nitrogens is 2. The summed E-state index contributed by atoms with van der Waals surface area (Å²) in [6.07, 6.45) is 5.17. The molecule has 1 spiro atoms. The summed E-state index contributed by atoms with van der Waals surface area (Å²) in [4.78, 5) is 4.90. The summed E-state index contributed by atoms with van der Waals surface area (Å²) in [7, 11) is 4.15. The van der Waals surface area contributed by atoms with E-state index in [0.717, 1.165) is 32.6 Å². The quantitative estimate of drug-likeness (QED) is 0.815. The lowest BCUT2D eigenvalue weighted by Gasteiger charge is -2.52. The van der Waals surface area contributed by atoms with Crippen LogP contribution in [0, 0.1) is 5.92 Å². The lowest BCUT2D eigenvalue weighted by Crippen LogP contribution is -2.66. The summed E-state index contributed by atoms with van der Waals surface area (Å²) < 4.78 is 1.86. The molecule has 2 aliphatic rings. The van der Waals surface area contributed by atoms with Gasteiger partial charge >= 0.3 is 0 Å². The maximum Gasteiger partial charge on any atom is 0.0534 e. The van der Waals surface area contributed by atoms with Gasteiger partial charge in [-0.3, -0.25) is 14.5 Å². The third-order valence-electron chi connectivity index (χ3n) is 4.47. The van der Waals surface area contributed by atoms with Crippen LogP contribution >= 0.6 is 0 Å². The number of likely N-dealkylation sites (tertiary alicyclic amines) is 2. The summed E-state index contributed by atoms with van der Waals surface area (Å²) in [5, 5.41) is 13.5. The van der Waals surface area contributed by atoms with E-state index < -0.39 is 0 Å². The minimum atomic E-state index is 0.328. The van der Waals surface area contributed by atoms with E-state index in [9.17, 15) is 5.11 Å². The van der Waals surface area contributed by atoms with Crippen LogP contribution in [0.1, 0.15) is 12.0 Å². The smallest absolute Gasteiger partial charge is 0.0534 e. The molecule has 3 rings (SSSR count). The van der Waals surface area contributed by atoms with Crippen molar-refractivity contribution < 1.29 is 5.11 Å². The fourth-order valence-electron chi connectivity index (χ4n) is 3.54. The van der Waals surface area contributed by atoms with Gasteiger partial charge in [-0.2, -0.15) is 5.10 Å². The van der Waals surface area contributed by atoms with E-state index in [4.69, 9.17) is 0 Å². The van der Waals surface area contributed by atoms with Crippen molar-refractivity contribution in [3.8, 4) is 0 Å². The molecule has 0 saturated carbocycles. The molecular weight excluding hydrogens is 228 g/mol. The Hall–Kier alpha value is -0.910. The topological polar surface area (TPSA) is 44.5 Å². The molecule has 100 valence electrons. The van der Waals surface area contributed by atoms with Crippen molar-refractivity contribution >= 4 is 0 Å². The van der Waals surface area contributed by atoms with Gasteiger partial charge in [0.1, 0.15) is 0 Å². The van der Waals surface area contributed by atoms with E-state index >= 15 is 0 Å². The molecule has 0 radical (unpaired) electrons. The molecule has 5 heteroatoms. The average Bonchev–Trinajstić information content (AvgIpc) is 2.83. The van der Waals surface area contributed by atoms with E-state index in [1.165, 1.54) is 5.56 Å².